The van der Waals surface area contributed by atoms with Crippen LogP contribution in [-0.2, 0) is 11.2 Å². The molecule has 138 valence electrons. The van der Waals surface area contributed by atoms with Crippen LogP contribution in [0.1, 0.15) is 17.0 Å². The molecule has 6 nitrogen and oxygen atoms in total. The van der Waals surface area contributed by atoms with E-state index in [1.54, 1.807) is 17.0 Å². The van der Waals surface area contributed by atoms with Crippen molar-refractivity contribution in [2.75, 3.05) is 23.3 Å². The number of aryl methyl sites for hydroxylation is 2. The van der Waals surface area contributed by atoms with E-state index >= 15 is 0 Å². The fourth-order valence-electron chi connectivity index (χ4n) is 3.30. The lowest BCUT2D eigenvalue weighted by Crippen LogP contribution is -2.34. The Morgan fingerprint density at radius 2 is 2.15 bits per heavy atom. The number of nitrogens with zero attached hydrogens (tertiary/aromatic N) is 3. The maximum atomic E-state index is 12.7. The molecule has 7 heteroatoms. The summed E-state index contributed by atoms with van der Waals surface area (Å²) in [5, 5.41) is 14.1. The summed E-state index contributed by atoms with van der Waals surface area (Å²) in [6.45, 7) is 4.66. The van der Waals surface area contributed by atoms with Crippen molar-refractivity contribution in [3.63, 3.8) is 0 Å². The molecule has 0 radical (unpaired) electrons. The Labute approximate surface area is 161 Å². The number of anilines is 2. The van der Waals surface area contributed by atoms with Gasteiger partial charge in [-0.15, -0.1) is 0 Å². The number of amides is 1. The Bertz CT molecular complexity index is 1010. The van der Waals surface area contributed by atoms with Gasteiger partial charge in [-0.2, -0.15) is 4.37 Å². The SMILES string of the molecule is Cc1nsc(-c2ccc(C)c(NCC(=O)N3CCc4c(O)cccc43)c2)n1. The largest absolute Gasteiger partial charge is 0.508 e. The van der Waals surface area contributed by atoms with Crippen LogP contribution in [0, 0.1) is 13.8 Å². The van der Waals surface area contributed by atoms with E-state index in [4.69, 9.17) is 0 Å². The molecule has 0 fully saturated rings. The third-order valence-corrected chi connectivity index (χ3v) is 5.60. The number of hydrogen-bond donors (Lipinski definition) is 2. The molecule has 4 rings (SSSR count). The van der Waals surface area contributed by atoms with Crippen molar-refractivity contribution in [1.29, 1.82) is 0 Å². The summed E-state index contributed by atoms with van der Waals surface area (Å²) in [6.07, 6.45) is 0.679. The molecule has 0 spiro atoms. The van der Waals surface area contributed by atoms with Gasteiger partial charge in [-0.1, -0.05) is 18.2 Å². The van der Waals surface area contributed by atoms with Crippen molar-refractivity contribution >= 4 is 28.8 Å². The Kier molecular flexibility index (Phi) is 4.53. The molecular weight excluding hydrogens is 360 g/mol. The summed E-state index contributed by atoms with van der Waals surface area (Å²) < 4.78 is 4.23. The Morgan fingerprint density at radius 3 is 2.93 bits per heavy atom. The lowest BCUT2D eigenvalue weighted by Gasteiger charge is -2.19. The predicted octanol–water partition coefficient (Wildman–Crippen LogP) is 3.53. The third-order valence-electron chi connectivity index (χ3n) is 4.75. The topological polar surface area (TPSA) is 78.4 Å². The number of carbonyl (C=O) groups excluding carboxylic acids is 1. The standard InChI is InChI=1S/C20H20N4O2S/c1-12-6-7-14(20-22-13(2)23-27-20)10-16(12)21-11-19(26)24-9-8-15-17(24)4-3-5-18(15)25/h3-7,10,21,25H,8-9,11H2,1-2H3. The molecule has 0 bridgehead atoms. The van der Waals surface area contributed by atoms with E-state index in [0.717, 1.165) is 38.9 Å². The number of aromatic nitrogens is 2. The van der Waals surface area contributed by atoms with Crippen LogP contribution >= 0.6 is 11.5 Å². The van der Waals surface area contributed by atoms with Crippen molar-refractivity contribution in [3.05, 3.63) is 53.3 Å². The Balaban J connectivity index is 1.49. The molecule has 2 N–H and O–H groups in total. The molecule has 2 heterocycles. The summed E-state index contributed by atoms with van der Waals surface area (Å²) in [7, 11) is 0. The average molecular weight is 380 g/mol. The number of fused-ring (bicyclic) bond motifs is 1. The van der Waals surface area contributed by atoms with Gasteiger partial charge in [0.1, 0.15) is 16.6 Å². The Hall–Kier alpha value is -2.93. The highest BCUT2D eigenvalue weighted by Gasteiger charge is 2.26. The highest BCUT2D eigenvalue weighted by Crippen LogP contribution is 2.34. The molecule has 0 aliphatic carbocycles. The van der Waals surface area contributed by atoms with Crippen LogP contribution in [0.25, 0.3) is 10.6 Å². The van der Waals surface area contributed by atoms with Crippen LogP contribution in [-0.4, -0.2) is 33.5 Å². The number of carbonyl (C=O) groups is 1. The molecule has 0 atom stereocenters. The van der Waals surface area contributed by atoms with Gasteiger partial charge in [0.05, 0.1) is 12.2 Å². The molecule has 1 aliphatic rings. The van der Waals surface area contributed by atoms with Crippen LogP contribution in [0.3, 0.4) is 0 Å². The van der Waals surface area contributed by atoms with Crippen LogP contribution in [0.15, 0.2) is 36.4 Å². The lowest BCUT2D eigenvalue weighted by molar-refractivity contribution is -0.116. The van der Waals surface area contributed by atoms with Crippen LogP contribution in [0.5, 0.6) is 5.75 Å². The normalized spacial score (nSPS) is 12.9. The number of hydrogen-bond acceptors (Lipinski definition) is 6. The molecule has 1 amide bonds. The first kappa shape index (κ1) is 17.5. The minimum Gasteiger partial charge on any atom is -0.508 e. The van der Waals surface area contributed by atoms with Crippen molar-refractivity contribution in [2.24, 2.45) is 0 Å². The van der Waals surface area contributed by atoms with E-state index in [-0.39, 0.29) is 18.2 Å². The quantitative estimate of drug-likeness (QED) is 0.724. The second-order valence-corrected chi connectivity index (χ2v) is 7.35. The number of phenols is 1. The van der Waals surface area contributed by atoms with E-state index in [0.29, 0.717) is 13.0 Å². The highest BCUT2D eigenvalue weighted by molar-refractivity contribution is 7.09. The first-order valence-corrected chi connectivity index (χ1v) is 9.56. The van der Waals surface area contributed by atoms with Crippen molar-refractivity contribution in [2.45, 2.75) is 20.3 Å². The fraction of sp³-hybridized carbons (Fsp3) is 0.250. The monoisotopic (exact) mass is 380 g/mol. The minimum atomic E-state index is -0.0177. The lowest BCUT2D eigenvalue weighted by atomic mass is 10.1. The summed E-state index contributed by atoms with van der Waals surface area (Å²) >= 11 is 1.37. The first-order chi connectivity index (χ1) is 13.0. The smallest absolute Gasteiger partial charge is 0.246 e. The average Bonchev–Trinajstić information content (AvgIpc) is 3.28. The van der Waals surface area contributed by atoms with E-state index in [1.807, 2.05) is 38.1 Å². The van der Waals surface area contributed by atoms with Gasteiger partial charge in [-0.05, 0) is 55.6 Å². The molecule has 0 unspecified atom stereocenters. The zero-order chi connectivity index (χ0) is 19.0. The van der Waals surface area contributed by atoms with Crippen LogP contribution < -0.4 is 10.2 Å². The van der Waals surface area contributed by atoms with Gasteiger partial charge in [0.2, 0.25) is 5.91 Å². The van der Waals surface area contributed by atoms with E-state index in [9.17, 15) is 9.90 Å². The summed E-state index contributed by atoms with van der Waals surface area (Å²) in [4.78, 5) is 18.9. The van der Waals surface area contributed by atoms with Gasteiger partial charge in [0.15, 0.2) is 0 Å². The van der Waals surface area contributed by atoms with Gasteiger partial charge < -0.3 is 15.3 Å². The number of aromatic hydroxyl groups is 1. The van der Waals surface area contributed by atoms with Crippen LogP contribution in [0.2, 0.25) is 0 Å². The number of benzene rings is 2. The van der Waals surface area contributed by atoms with Gasteiger partial charge in [-0.25, -0.2) is 4.98 Å². The van der Waals surface area contributed by atoms with Gasteiger partial charge in [0, 0.05) is 23.4 Å². The molecule has 3 aromatic rings. The second-order valence-electron chi connectivity index (χ2n) is 6.60. The molecule has 2 aromatic carbocycles. The Morgan fingerprint density at radius 1 is 1.30 bits per heavy atom. The number of rotatable bonds is 4. The third kappa shape index (κ3) is 3.38. The first-order valence-electron chi connectivity index (χ1n) is 8.79. The molecule has 0 saturated heterocycles. The maximum absolute atomic E-state index is 12.7. The van der Waals surface area contributed by atoms with Crippen molar-refractivity contribution in [1.82, 2.24) is 9.36 Å². The molecular formula is C20H20N4O2S. The summed E-state index contributed by atoms with van der Waals surface area (Å²) in [5.74, 6) is 0.999. The molecule has 1 aliphatic heterocycles. The maximum Gasteiger partial charge on any atom is 0.246 e. The summed E-state index contributed by atoms with van der Waals surface area (Å²) in [5.41, 5.74) is 4.60. The predicted molar refractivity (Wildman–Crippen MR) is 107 cm³/mol. The minimum absolute atomic E-state index is 0.0177. The van der Waals surface area contributed by atoms with Gasteiger partial charge in [0.25, 0.3) is 0 Å². The van der Waals surface area contributed by atoms with Crippen molar-refractivity contribution in [3.8, 4) is 16.3 Å². The second kappa shape index (κ2) is 7.00. The van der Waals surface area contributed by atoms with Gasteiger partial charge in [-0.3, -0.25) is 4.79 Å². The fourth-order valence-corrected chi connectivity index (χ4v) is 3.97. The zero-order valence-corrected chi connectivity index (χ0v) is 16.0. The number of phenolic OH excluding ortho intramolecular Hbond substituents is 1. The van der Waals surface area contributed by atoms with E-state index in [1.165, 1.54) is 11.5 Å². The van der Waals surface area contributed by atoms with Gasteiger partial charge >= 0.3 is 0 Å². The summed E-state index contributed by atoms with van der Waals surface area (Å²) in [6, 6.07) is 11.3. The van der Waals surface area contributed by atoms with E-state index < -0.39 is 0 Å². The van der Waals surface area contributed by atoms with Crippen LogP contribution in [0.4, 0.5) is 11.4 Å². The van der Waals surface area contributed by atoms with E-state index in [2.05, 4.69) is 14.7 Å². The molecule has 27 heavy (non-hydrogen) atoms. The molecule has 1 aromatic heterocycles. The van der Waals surface area contributed by atoms with Crippen molar-refractivity contribution < 1.29 is 9.90 Å². The highest BCUT2D eigenvalue weighted by atomic mass is 32.1. The molecule has 0 saturated carbocycles. The number of nitrogens with one attached hydrogen (secondary N) is 1. The zero-order valence-electron chi connectivity index (χ0n) is 15.2.